The predicted octanol–water partition coefficient (Wildman–Crippen LogP) is 5.14. The highest BCUT2D eigenvalue weighted by Crippen LogP contribution is 2.40. The first-order chi connectivity index (χ1) is 16.9. The molecule has 2 aromatic carbocycles. The van der Waals surface area contributed by atoms with Gasteiger partial charge in [-0.25, -0.2) is 22.2 Å². The molecule has 0 radical (unpaired) electrons. The minimum Gasteiger partial charge on any atom is -0.475 e. The van der Waals surface area contributed by atoms with Gasteiger partial charge in [-0.3, -0.25) is 14.5 Å². The fourth-order valence-electron chi connectivity index (χ4n) is 3.69. The molecule has 5 rings (SSSR count). The number of nitrogens with zero attached hydrogens (tertiary/aromatic N) is 2. The summed E-state index contributed by atoms with van der Waals surface area (Å²) in [6, 6.07) is 8.81. The van der Waals surface area contributed by atoms with Crippen molar-refractivity contribution in [2.45, 2.75) is 24.3 Å². The molecule has 0 spiro atoms. The Morgan fingerprint density at radius 2 is 1.81 bits per heavy atom. The summed E-state index contributed by atoms with van der Waals surface area (Å²) in [5, 5.41) is 3.23. The number of amides is 1. The van der Waals surface area contributed by atoms with Crippen LogP contribution in [0.5, 0.6) is 5.75 Å². The Labute approximate surface area is 209 Å². The molecule has 0 fully saturated rings. The van der Waals surface area contributed by atoms with Gasteiger partial charge in [0.05, 0.1) is 17.4 Å². The Bertz CT molecular complexity index is 1680. The molecule has 0 aliphatic carbocycles. The first kappa shape index (κ1) is 23.9. The van der Waals surface area contributed by atoms with Crippen LogP contribution in [0, 0.1) is 11.6 Å². The Hall–Kier alpha value is -3.83. The van der Waals surface area contributed by atoms with Crippen LogP contribution in [0.1, 0.15) is 13.8 Å². The minimum absolute atomic E-state index is 0.101. The van der Waals surface area contributed by atoms with Crippen molar-refractivity contribution in [1.82, 2.24) is 9.97 Å². The van der Waals surface area contributed by atoms with E-state index in [0.29, 0.717) is 39.5 Å². The molecule has 1 amide bonds. The van der Waals surface area contributed by atoms with Gasteiger partial charge in [0.1, 0.15) is 22.2 Å². The fraction of sp³-hybridized carbons (Fsp3) is 0.125. The van der Waals surface area contributed by atoms with E-state index in [9.17, 15) is 22.0 Å². The number of hydrogen-bond acceptors (Lipinski definition) is 6. The molecule has 0 unspecified atom stereocenters. The predicted molar refractivity (Wildman–Crippen MR) is 130 cm³/mol. The second-order valence-corrected chi connectivity index (χ2v) is 10.6. The lowest BCUT2D eigenvalue weighted by Crippen LogP contribution is -2.45. The van der Waals surface area contributed by atoms with Crippen LogP contribution in [0.15, 0.2) is 59.8 Å². The zero-order valence-corrected chi connectivity index (χ0v) is 20.3. The maximum atomic E-state index is 14.1. The van der Waals surface area contributed by atoms with Gasteiger partial charge in [0.2, 0.25) is 0 Å². The largest absolute Gasteiger partial charge is 0.475 e. The van der Waals surface area contributed by atoms with Crippen molar-refractivity contribution in [2.24, 2.45) is 0 Å². The molecular weight excluding hydrogens is 514 g/mol. The number of benzene rings is 2. The molecule has 2 N–H and O–H groups in total. The fourth-order valence-corrected chi connectivity index (χ4v) is 5.02. The van der Waals surface area contributed by atoms with E-state index in [0.717, 1.165) is 12.1 Å². The molecule has 3 heterocycles. The number of carbonyl (C=O) groups excluding carboxylic acids is 1. The van der Waals surface area contributed by atoms with Gasteiger partial charge >= 0.3 is 0 Å². The third kappa shape index (κ3) is 4.20. The maximum Gasteiger partial charge on any atom is 0.268 e. The van der Waals surface area contributed by atoms with E-state index in [-0.39, 0.29) is 16.7 Å². The van der Waals surface area contributed by atoms with Crippen LogP contribution in [0.25, 0.3) is 22.0 Å². The molecule has 4 aromatic rings. The van der Waals surface area contributed by atoms with Crippen molar-refractivity contribution >= 4 is 49.8 Å². The number of ether oxygens (including phenoxy) is 1. The first-order valence-electron chi connectivity index (χ1n) is 10.5. The Balaban J connectivity index is 1.56. The summed E-state index contributed by atoms with van der Waals surface area (Å²) < 4.78 is 61.0. The topological polar surface area (TPSA) is 110 Å². The summed E-state index contributed by atoms with van der Waals surface area (Å²) >= 11 is 6.12. The molecule has 8 nitrogen and oxygen atoms in total. The van der Waals surface area contributed by atoms with Gasteiger partial charge in [0.15, 0.2) is 16.5 Å². The average molecular weight is 531 g/mol. The third-order valence-corrected chi connectivity index (χ3v) is 7.27. The van der Waals surface area contributed by atoms with Crippen molar-refractivity contribution in [3.05, 3.63) is 71.6 Å². The second-order valence-electron chi connectivity index (χ2n) is 8.54. The first-order valence-corrected chi connectivity index (χ1v) is 12.4. The number of rotatable bonds is 4. The van der Waals surface area contributed by atoms with Crippen molar-refractivity contribution in [2.75, 3.05) is 10.0 Å². The number of aromatic nitrogens is 2. The van der Waals surface area contributed by atoms with Crippen molar-refractivity contribution in [3.63, 3.8) is 0 Å². The lowest BCUT2D eigenvalue weighted by atomic mass is 10.0. The number of hydrogen-bond donors (Lipinski definition) is 2. The summed E-state index contributed by atoms with van der Waals surface area (Å²) in [7, 11) is -4.43. The van der Waals surface area contributed by atoms with E-state index in [2.05, 4.69) is 20.0 Å². The Morgan fingerprint density at radius 3 is 2.56 bits per heavy atom. The van der Waals surface area contributed by atoms with Gasteiger partial charge < -0.3 is 10.1 Å². The van der Waals surface area contributed by atoms with Crippen LogP contribution in [0.2, 0.25) is 5.15 Å². The maximum absolute atomic E-state index is 14.1. The molecule has 0 atom stereocenters. The number of nitrogens with one attached hydrogen (secondary N) is 2. The number of fused-ring (bicyclic) bond motifs is 3. The SMILES string of the molecule is CC1(C)Oc2c(cnc3ccc(-c4cnc(Cl)c(NS(=O)(=O)c5ccc(F)cc5F)c4)cc23)NC1=O. The van der Waals surface area contributed by atoms with E-state index in [1.165, 1.54) is 18.5 Å². The number of sulfonamides is 1. The smallest absolute Gasteiger partial charge is 0.268 e. The normalized spacial score (nSPS) is 14.6. The third-order valence-electron chi connectivity index (χ3n) is 5.57. The van der Waals surface area contributed by atoms with Gasteiger partial charge in [0, 0.05) is 23.2 Å². The second kappa shape index (κ2) is 8.38. The monoisotopic (exact) mass is 530 g/mol. The molecule has 0 saturated carbocycles. The van der Waals surface area contributed by atoms with Crippen LogP contribution in [0.4, 0.5) is 20.2 Å². The van der Waals surface area contributed by atoms with Crippen LogP contribution in [0.3, 0.4) is 0 Å². The molecule has 0 bridgehead atoms. The summed E-state index contributed by atoms with van der Waals surface area (Å²) in [4.78, 5) is 19.9. The Morgan fingerprint density at radius 1 is 1.03 bits per heavy atom. The summed E-state index contributed by atoms with van der Waals surface area (Å²) in [5.74, 6) is -2.01. The summed E-state index contributed by atoms with van der Waals surface area (Å²) in [5.41, 5.74) is 0.937. The van der Waals surface area contributed by atoms with Gasteiger partial charge in [0.25, 0.3) is 15.9 Å². The molecule has 12 heteroatoms. The van der Waals surface area contributed by atoms with Crippen molar-refractivity contribution < 1.29 is 26.7 Å². The lowest BCUT2D eigenvalue weighted by molar-refractivity contribution is -0.129. The highest BCUT2D eigenvalue weighted by atomic mass is 35.5. The molecule has 184 valence electrons. The summed E-state index contributed by atoms with van der Waals surface area (Å²) in [6.45, 7) is 3.29. The lowest BCUT2D eigenvalue weighted by Gasteiger charge is -2.32. The van der Waals surface area contributed by atoms with Crippen molar-refractivity contribution in [1.29, 1.82) is 0 Å². The number of anilines is 2. The van der Waals surface area contributed by atoms with Crippen LogP contribution in [-0.2, 0) is 14.8 Å². The zero-order valence-electron chi connectivity index (χ0n) is 18.8. The Kier molecular flexibility index (Phi) is 5.56. The molecule has 1 aliphatic heterocycles. The highest BCUT2D eigenvalue weighted by Gasteiger charge is 2.36. The molecule has 0 saturated heterocycles. The van der Waals surface area contributed by atoms with Crippen molar-refractivity contribution in [3.8, 4) is 16.9 Å². The quantitative estimate of drug-likeness (QED) is 0.354. The number of pyridine rings is 2. The van der Waals surface area contributed by atoms with E-state index in [4.69, 9.17) is 16.3 Å². The van der Waals surface area contributed by atoms with E-state index < -0.39 is 32.2 Å². The van der Waals surface area contributed by atoms with E-state index in [1.54, 1.807) is 32.0 Å². The average Bonchev–Trinajstić information content (AvgIpc) is 2.80. The standard InChI is InChI=1S/C24H17ClF2N4O4S/c1-24(2)23(32)30-19-11-28-17-5-3-12(7-15(17)21(19)35-24)13-8-18(22(25)29-10-13)31-36(33,34)20-6-4-14(26)9-16(20)27/h3-11,31H,1-2H3,(H,30,32). The van der Waals surface area contributed by atoms with Crippen LogP contribution in [-0.4, -0.2) is 29.9 Å². The molecule has 36 heavy (non-hydrogen) atoms. The highest BCUT2D eigenvalue weighted by molar-refractivity contribution is 7.92. The van der Waals surface area contributed by atoms with Crippen LogP contribution >= 0.6 is 11.6 Å². The van der Waals surface area contributed by atoms with Gasteiger partial charge in [-0.1, -0.05) is 17.7 Å². The minimum atomic E-state index is -4.43. The molecule has 1 aliphatic rings. The summed E-state index contributed by atoms with van der Waals surface area (Å²) in [6.07, 6.45) is 2.95. The molecular formula is C24H17ClF2N4O4S. The number of halogens is 3. The van der Waals surface area contributed by atoms with E-state index >= 15 is 0 Å². The number of carbonyl (C=O) groups is 1. The van der Waals surface area contributed by atoms with Crippen LogP contribution < -0.4 is 14.8 Å². The van der Waals surface area contributed by atoms with E-state index in [1.807, 2.05) is 0 Å². The molecule has 2 aromatic heterocycles. The zero-order chi connectivity index (χ0) is 25.8. The van der Waals surface area contributed by atoms with Gasteiger partial charge in [-0.15, -0.1) is 0 Å². The van der Waals surface area contributed by atoms with Gasteiger partial charge in [-0.05, 0) is 49.7 Å². The van der Waals surface area contributed by atoms with Gasteiger partial charge in [-0.2, -0.15) is 0 Å².